The van der Waals surface area contributed by atoms with E-state index in [0.29, 0.717) is 12.8 Å². The van der Waals surface area contributed by atoms with E-state index in [0.717, 1.165) is 51.4 Å². The molecule has 0 aromatic heterocycles. The maximum Gasteiger partial charge on any atom is 0.472 e. The van der Waals surface area contributed by atoms with Gasteiger partial charge in [-0.05, 0) is 44.9 Å². The largest absolute Gasteiger partial charge is 0.472 e. The van der Waals surface area contributed by atoms with Crippen LogP contribution in [0.5, 0.6) is 0 Å². The van der Waals surface area contributed by atoms with Crippen molar-refractivity contribution in [3.63, 3.8) is 0 Å². The normalized spacial score (nSPS) is 22.0. The second-order valence-electron chi connectivity index (χ2n) is 17.7. The average Bonchev–Trinajstić information content (AvgIpc) is 3.31. The maximum atomic E-state index is 13.0. The number of unbranched alkanes of at least 4 members (excludes halogenated alkanes) is 16. The molecule has 17 nitrogen and oxygen atoms in total. The Balaban J connectivity index is 2.65. The number of rotatable bonds is 42. The molecule has 0 aromatic rings. The van der Waals surface area contributed by atoms with Crippen molar-refractivity contribution in [1.29, 1.82) is 0 Å². The van der Waals surface area contributed by atoms with E-state index in [1.807, 2.05) is 12.2 Å². The fraction of sp³-hybridized carbons (Fsp3) is 0.725. The van der Waals surface area contributed by atoms with Gasteiger partial charge in [-0.15, -0.1) is 0 Å². The van der Waals surface area contributed by atoms with Gasteiger partial charge in [-0.2, -0.15) is 0 Å². The van der Waals surface area contributed by atoms with Crippen LogP contribution in [0.2, 0.25) is 0 Å². The molecule has 1 rings (SSSR count). The van der Waals surface area contributed by atoms with Crippen LogP contribution in [0, 0.1) is 0 Å². The van der Waals surface area contributed by atoms with Crippen molar-refractivity contribution in [2.45, 2.75) is 223 Å². The Morgan fingerprint density at radius 1 is 0.529 bits per heavy atom. The van der Waals surface area contributed by atoms with E-state index in [-0.39, 0.29) is 19.3 Å². The fourth-order valence-corrected chi connectivity index (χ4v) is 8.97. The number of ether oxygens (including phenoxy) is 2. The van der Waals surface area contributed by atoms with Crippen molar-refractivity contribution in [2.24, 2.45) is 0 Å². The average molecular weight is 1040 g/mol. The second-order valence-corrected chi connectivity index (χ2v) is 20.3. The summed E-state index contributed by atoms with van der Waals surface area (Å²) in [7, 11) is -10.8. The van der Waals surface area contributed by atoms with Gasteiger partial charge in [0, 0.05) is 12.8 Å². The highest BCUT2D eigenvalue weighted by atomic mass is 31.2. The summed E-state index contributed by atoms with van der Waals surface area (Å²) in [5.41, 5.74) is 0. The van der Waals surface area contributed by atoms with Crippen molar-refractivity contribution in [3.8, 4) is 0 Å². The molecule has 404 valence electrons. The standard InChI is InChI=1S/C51H88O17P2/c1-3-5-7-9-11-13-15-17-19-21-23-25-27-29-31-33-35-37-45(54)66-43(41-65-70(62,63)68-51-48(57)46(55)47(56)50(49(51)58)67-69(59,60)61)40-64-44(53)39-38-42(52)36-34-32-30-28-26-24-22-20-18-16-14-12-10-8-6-4-2/h6,8,12,14,18,20,24,26,30,32,34,36,42-43,46-52,55-58H,3-5,7,9-11,13,15-17,19,21-23,25,27-29,31,33,35,37-41H2,1-2H3,(H,62,63)(H2,59,60,61)/b8-6-,14-12-,20-18-,26-24-,32-30-,36-34-/t42?,43-,46?,47?,48?,49?,50-,51+/m1/s1. The van der Waals surface area contributed by atoms with Crippen molar-refractivity contribution >= 4 is 27.6 Å². The van der Waals surface area contributed by atoms with Gasteiger partial charge in [0.15, 0.2) is 6.10 Å². The maximum absolute atomic E-state index is 13.0. The Bertz CT molecular complexity index is 1640. The Morgan fingerprint density at radius 2 is 0.986 bits per heavy atom. The summed E-state index contributed by atoms with van der Waals surface area (Å²) in [5.74, 6) is -1.49. The molecule has 9 atom stereocenters. The molecule has 0 aromatic carbocycles. The van der Waals surface area contributed by atoms with Crippen LogP contribution in [0.15, 0.2) is 72.9 Å². The number of hydrogen-bond acceptors (Lipinski definition) is 14. The molecule has 70 heavy (non-hydrogen) atoms. The van der Waals surface area contributed by atoms with E-state index in [2.05, 4.69) is 60.9 Å². The first kappa shape index (κ1) is 65.4. The summed E-state index contributed by atoms with van der Waals surface area (Å²) >= 11 is 0. The molecule has 1 saturated carbocycles. The lowest BCUT2D eigenvalue weighted by molar-refractivity contribution is -0.216. The van der Waals surface area contributed by atoms with Gasteiger partial charge in [-0.3, -0.25) is 23.2 Å². The zero-order valence-electron chi connectivity index (χ0n) is 41.8. The van der Waals surface area contributed by atoms with E-state index >= 15 is 0 Å². The minimum Gasteiger partial charge on any atom is -0.462 e. The van der Waals surface area contributed by atoms with Crippen molar-refractivity contribution in [3.05, 3.63) is 72.9 Å². The van der Waals surface area contributed by atoms with E-state index in [9.17, 15) is 58.9 Å². The molecule has 19 heteroatoms. The summed E-state index contributed by atoms with van der Waals surface area (Å²) < 4.78 is 49.3. The zero-order chi connectivity index (χ0) is 51.9. The molecule has 0 heterocycles. The second kappa shape index (κ2) is 40.8. The number of allylic oxidation sites excluding steroid dienone is 11. The van der Waals surface area contributed by atoms with Crippen LogP contribution >= 0.6 is 15.6 Å². The summed E-state index contributed by atoms with van der Waals surface area (Å²) in [5, 5.41) is 51.7. The number of aliphatic hydroxyl groups is 5. The summed E-state index contributed by atoms with van der Waals surface area (Å²) in [6.45, 7) is 2.81. The van der Waals surface area contributed by atoms with Gasteiger partial charge >= 0.3 is 27.6 Å². The third-order valence-electron chi connectivity index (χ3n) is 11.4. The molecule has 8 N–H and O–H groups in total. The molecular formula is C51H88O17P2. The topological polar surface area (TPSA) is 276 Å². The summed E-state index contributed by atoms with van der Waals surface area (Å²) in [4.78, 5) is 54.4. The Hall–Kier alpha value is -2.60. The number of phosphoric acid groups is 2. The first-order valence-corrected chi connectivity index (χ1v) is 28.6. The molecule has 0 amide bonds. The van der Waals surface area contributed by atoms with E-state index in [4.69, 9.17) is 18.5 Å². The summed E-state index contributed by atoms with van der Waals surface area (Å²) in [6.07, 6.45) is 31.7. The number of phosphoric ester groups is 2. The third kappa shape index (κ3) is 34.7. The van der Waals surface area contributed by atoms with E-state index in [1.54, 1.807) is 12.2 Å². The quantitative estimate of drug-likeness (QED) is 0.00929. The highest BCUT2D eigenvalue weighted by Crippen LogP contribution is 2.49. The third-order valence-corrected chi connectivity index (χ3v) is 12.9. The van der Waals surface area contributed by atoms with Gasteiger partial charge < -0.3 is 49.7 Å². The number of aliphatic hydroxyl groups excluding tert-OH is 5. The van der Waals surface area contributed by atoms with Gasteiger partial charge in [0.25, 0.3) is 0 Å². The lowest BCUT2D eigenvalue weighted by Crippen LogP contribution is -2.64. The van der Waals surface area contributed by atoms with Gasteiger partial charge in [-0.1, -0.05) is 189 Å². The molecular weight excluding hydrogens is 946 g/mol. The molecule has 0 saturated heterocycles. The van der Waals surface area contributed by atoms with Crippen LogP contribution in [0.25, 0.3) is 0 Å². The molecule has 0 bridgehead atoms. The number of esters is 2. The Labute approximate surface area is 417 Å². The van der Waals surface area contributed by atoms with Crippen LogP contribution in [0.1, 0.15) is 174 Å². The van der Waals surface area contributed by atoms with Crippen LogP contribution in [0.3, 0.4) is 0 Å². The summed E-state index contributed by atoms with van der Waals surface area (Å²) in [6, 6.07) is 0. The first-order valence-electron chi connectivity index (χ1n) is 25.6. The lowest BCUT2D eigenvalue weighted by atomic mass is 9.85. The highest BCUT2D eigenvalue weighted by Gasteiger charge is 2.54. The zero-order valence-corrected chi connectivity index (χ0v) is 43.6. The van der Waals surface area contributed by atoms with E-state index < -0.39 is 89.6 Å². The molecule has 1 fully saturated rings. The van der Waals surface area contributed by atoms with Gasteiger partial charge in [0.2, 0.25) is 0 Å². The smallest absolute Gasteiger partial charge is 0.462 e. The highest BCUT2D eigenvalue weighted by molar-refractivity contribution is 7.47. The van der Waals surface area contributed by atoms with Gasteiger partial charge in [0.1, 0.15) is 43.2 Å². The van der Waals surface area contributed by atoms with Gasteiger partial charge in [-0.25, -0.2) is 9.13 Å². The molecule has 1 aliphatic rings. The van der Waals surface area contributed by atoms with Crippen LogP contribution < -0.4 is 0 Å². The number of hydrogen-bond donors (Lipinski definition) is 8. The molecule has 0 aliphatic heterocycles. The minimum atomic E-state index is -5.39. The predicted octanol–water partition coefficient (Wildman–Crippen LogP) is 9.37. The van der Waals surface area contributed by atoms with Crippen molar-refractivity contribution in [2.75, 3.05) is 13.2 Å². The van der Waals surface area contributed by atoms with E-state index in [1.165, 1.54) is 83.1 Å². The van der Waals surface area contributed by atoms with Crippen molar-refractivity contribution < 1.29 is 82.0 Å². The molecule has 0 spiro atoms. The van der Waals surface area contributed by atoms with Gasteiger partial charge in [0.05, 0.1) is 12.7 Å². The first-order chi connectivity index (χ1) is 33.5. The molecule has 0 radical (unpaired) electrons. The van der Waals surface area contributed by atoms with Crippen molar-refractivity contribution in [1.82, 2.24) is 0 Å². The Kier molecular flexibility index (Phi) is 38.2. The van der Waals surface area contributed by atoms with Crippen LogP contribution in [-0.2, 0) is 41.8 Å². The predicted molar refractivity (Wildman–Crippen MR) is 270 cm³/mol. The van der Waals surface area contributed by atoms with Crippen LogP contribution in [-0.4, -0.2) is 114 Å². The number of carbonyl (C=O) groups excluding carboxylic acids is 2. The minimum absolute atomic E-state index is 0.000694. The Morgan fingerprint density at radius 3 is 1.47 bits per heavy atom. The SMILES string of the molecule is CC/C=C\C/C=C\C/C=C\C/C=C\C/C=C\C=C/C(O)CCC(=O)OC[C@H](COP(=O)(O)O[C@H]1C(O)C(O)C(O)[C@@H](OP(=O)(O)O)C1O)OC(=O)CCCCCCCCCCCCCCCCCCC. The lowest BCUT2D eigenvalue weighted by Gasteiger charge is -2.43. The van der Waals surface area contributed by atoms with Crippen LogP contribution in [0.4, 0.5) is 0 Å². The molecule has 1 aliphatic carbocycles. The fourth-order valence-electron chi connectivity index (χ4n) is 7.43. The number of carbonyl (C=O) groups is 2. The molecule has 6 unspecified atom stereocenters. The monoisotopic (exact) mass is 1030 g/mol.